The number of phenolic OH excluding ortho intramolecular Hbond substituents is 1. The molecule has 0 bridgehead atoms. The molecule has 1 unspecified atom stereocenters. The number of hydrogen-bond donors (Lipinski definition) is 2. The lowest BCUT2D eigenvalue weighted by Gasteiger charge is -2.26. The maximum absolute atomic E-state index is 13.4. The van der Waals surface area contributed by atoms with Gasteiger partial charge >= 0.3 is 0 Å². The Morgan fingerprint density at radius 2 is 1.89 bits per heavy atom. The van der Waals surface area contributed by atoms with E-state index in [-0.39, 0.29) is 17.7 Å². The van der Waals surface area contributed by atoms with Gasteiger partial charge < -0.3 is 19.5 Å². The summed E-state index contributed by atoms with van der Waals surface area (Å²) in [6.45, 7) is 9.31. The van der Waals surface area contributed by atoms with Gasteiger partial charge in [0.2, 0.25) is 0 Å². The molecule has 7 heteroatoms. The smallest absolute Gasteiger partial charge is 0.273 e. The number of nitrogens with one attached hydrogen (secondary N) is 1. The van der Waals surface area contributed by atoms with E-state index in [9.17, 15) is 9.90 Å². The maximum Gasteiger partial charge on any atom is 0.273 e. The second-order valence-corrected chi connectivity index (χ2v) is 9.21. The van der Waals surface area contributed by atoms with E-state index in [2.05, 4.69) is 24.0 Å². The van der Waals surface area contributed by atoms with E-state index in [1.54, 1.807) is 7.11 Å². The lowest BCUT2D eigenvalue weighted by atomic mass is 9.94. The molecule has 2 heterocycles. The molecule has 0 spiro atoms. The number of aryl methyl sites for hydroxylation is 2. The Morgan fingerprint density at radius 1 is 1.09 bits per heavy atom. The molecule has 1 atom stereocenters. The molecule has 1 aromatic heterocycles. The van der Waals surface area contributed by atoms with E-state index in [0.29, 0.717) is 41.6 Å². The fraction of sp³-hybridized carbons (Fsp3) is 0.429. The zero-order chi connectivity index (χ0) is 25.1. The van der Waals surface area contributed by atoms with Gasteiger partial charge in [-0.2, -0.15) is 5.10 Å². The molecule has 0 radical (unpaired) electrons. The Labute approximate surface area is 207 Å². The first-order valence-corrected chi connectivity index (χ1v) is 12.4. The fourth-order valence-corrected chi connectivity index (χ4v) is 4.87. The summed E-state index contributed by atoms with van der Waals surface area (Å²) >= 11 is 0. The number of H-pyrrole nitrogens is 1. The van der Waals surface area contributed by atoms with Gasteiger partial charge in [0.25, 0.3) is 5.91 Å². The van der Waals surface area contributed by atoms with Gasteiger partial charge in [0.05, 0.1) is 19.8 Å². The van der Waals surface area contributed by atoms with Gasteiger partial charge in [0.15, 0.2) is 11.5 Å². The van der Waals surface area contributed by atoms with Crippen LogP contribution in [-0.2, 0) is 0 Å². The molecular formula is C28H35N3O4. The predicted molar refractivity (Wildman–Crippen MR) is 136 cm³/mol. The zero-order valence-electron chi connectivity index (χ0n) is 21.3. The Balaban J connectivity index is 1.80. The van der Waals surface area contributed by atoms with Crippen LogP contribution in [0.15, 0.2) is 30.3 Å². The Morgan fingerprint density at radius 3 is 2.60 bits per heavy atom. The number of amides is 1. The SMILES string of the molecule is CCCCCOc1ccc(C2c3c(-c4cc(C)cc(C)c4O)n[nH]c3C(=O)N2CCC)cc1OC. The number of fused-ring (bicyclic) bond motifs is 1. The van der Waals surface area contributed by atoms with Crippen molar-refractivity contribution in [3.8, 4) is 28.5 Å². The van der Waals surface area contributed by atoms with Crippen LogP contribution in [0.3, 0.4) is 0 Å². The van der Waals surface area contributed by atoms with Crippen molar-refractivity contribution in [2.45, 2.75) is 59.4 Å². The topological polar surface area (TPSA) is 87.7 Å². The highest BCUT2D eigenvalue weighted by Gasteiger charge is 2.42. The number of aromatic nitrogens is 2. The number of carbonyl (C=O) groups excluding carboxylic acids is 1. The van der Waals surface area contributed by atoms with Crippen LogP contribution in [0.25, 0.3) is 11.3 Å². The van der Waals surface area contributed by atoms with Crippen molar-refractivity contribution in [2.75, 3.05) is 20.3 Å². The number of unbranched alkanes of at least 4 members (excludes halogenated alkanes) is 2. The van der Waals surface area contributed by atoms with Gasteiger partial charge in [-0.1, -0.05) is 38.8 Å². The molecule has 186 valence electrons. The van der Waals surface area contributed by atoms with Crippen LogP contribution in [-0.4, -0.2) is 46.4 Å². The molecule has 0 aliphatic carbocycles. The Hall–Kier alpha value is -3.48. The van der Waals surface area contributed by atoms with E-state index in [1.807, 2.05) is 49.1 Å². The molecule has 2 N–H and O–H groups in total. The highest BCUT2D eigenvalue weighted by atomic mass is 16.5. The van der Waals surface area contributed by atoms with E-state index >= 15 is 0 Å². The monoisotopic (exact) mass is 477 g/mol. The summed E-state index contributed by atoms with van der Waals surface area (Å²) < 4.78 is 11.6. The van der Waals surface area contributed by atoms with Crippen molar-refractivity contribution in [3.63, 3.8) is 0 Å². The molecule has 3 aromatic rings. The predicted octanol–water partition coefficient (Wildman–Crippen LogP) is 5.93. The van der Waals surface area contributed by atoms with Crippen LogP contribution in [0.1, 0.15) is 78.3 Å². The number of nitrogens with zero attached hydrogens (tertiary/aromatic N) is 2. The summed E-state index contributed by atoms with van der Waals surface area (Å²) in [6.07, 6.45) is 4.06. The van der Waals surface area contributed by atoms with Crippen LogP contribution in [0, 0.1) is 13.8 Å². The van der Waals surface area contributed by atoms with E-state index in [1.165, 1.54) is 0 Å². The molecule has 1 aliphatic heterocycles. The van der Waals surface area contributed by atoms with Crippen molar-refractivity contribution in [1.29, 1.82) is 0 Å². The van der Waals surface area contributed by atoms with Crippen LogP contribution >= 0.6 is 0 Å². The van der Waals surface area contributed by atoms with Crippen molar-refractivity contribution in [3.05, 3.63) is 58.3 Å². The molecule has 1 aliphatic rings. The number of ether oxygens (including phenoxy) is 2. The standard InChI is InChI=1S/C28H35N3O4/c1-6-8-9-13-35-21-11-10-19(16-22(21)34-5)26-23-24(20-15-17(3)14-18(4)27(20)32)29-30-25(23)28(33)31(26)12-7-2/h10-11,14-16,26,32H,6-9,12-13H2,1-5H3,(H,29,30). The first-order valence-electron chi connectivity index (χ1n) is 12.4. The Bertz CT molecular complexity index is 1220. The van der Waals surface area contributed by atoms with Gasteiger partial charge in [-0.3, -0.25) is 9.89 Å². The molecule has 0 saturated heterocycles. The zero-order valence-corrected chi connectivity index (χ0v) is 21.3. The van der Waals surface area contributed by atoms with Crippen LogP contribution in [0.5, 0.6) is 17.2 Å². The molecule has 1 amide bonds. The number of rotatable bonds is 10. The van der Waals surface area contributed by atoms with Gasteiger partial charge in [-0.25, -0.2) is 0 Å². The minimum absolute atomic E-state index is 0.0895. The third-order valence-corrected chi connectivity index (χ3v) is 6.54. The van der Waals surface area contributed by atoms with Gasteiger partial charge in [-0.05, 0) is 61.6 Å². The third-order valence-electron chi connectivity index (χ3n) is 6.54. The van der Waals surface area contributed by atoms with Gasteiger partial charge in [0, 0.05) is 17.7 Å². The lowest BCUT2D eigenvalue weighted by Crippen LogP contribution is -2.30. The van der Waals surface area contributed by atoms with Crippen molar-refractivity contribution >= 4 is 5.91 Å². The van der Waals surface area contributed by atoms with Crippen LogP contribution < -0.4 is 9.47 Å². The minimum atomic E-state index is -0.352. The number of phenols is 1. The molecule has 0 fully saturated rings. The number of methoxy groups -OCH3 is 1. The van der Waals surface area contributed by atoms with Gasteiger partial charge in [-0.15, -0.1) is 0 Å². The van der Waals surface area contributed by atoms with E-state index in [4.69, 9.17) is 9.47 Å². The third kappa shape index (κ3) is 4.59. The Kier molecular flexibility index (Phi) is 7.34. The highest BCUT2D eigenvalue weighted by Crippen LogP contribution is 2.46. The fourth-order valence-electron chi connectivity index (χ4n) is 4.87. The summed E-state index contributed by atoms with van der Waals surface area (Å²) in [7, 11) is 1.63. The molecule has 35 heavy (non-hydrogen) atoms. The lowest BCUT2D eigenvalue weighted by molar-refractivity contribution is 0.0743. The number of benzene rings is 2. The van der Waals surface area contributed by atoms with E-state index in [0.717, 1.165) is 47.9 Å². The number of carbonyl (C=O) groups is 1. The summed E-state index contributed by atoms with van der Waals surface area (Å²) in [4.78, 5) is 15.3. The molecular weight excluding hydrogens is 442 g/mol. The van der Waals surface area contributed by atoms with Crippen molar-refractivity contribution in [1.82, 2.24) is 15.1 Å². The van der Waals surface area contributed by atoms with Gasteiger partial charge in [0.1, 0.15) is 17.1 Å². The largest absolute Gasteiger partial charge is 0.507 e. The summed E-state index contributed by atoms with van der Waals surface area (Å²) in [5, 5.41) is 18.3. The average molecular weight is 478 g/mol. The molecule has 7 nitrogen and oxygen atoms in total. The normalized spacial score (nSPS) is 14.9. The number of hydrogen-bond acceptors (Lipinski definition) is 5. The number of aromatic amines is 1. The van der Waals surface area contributed by atoms with Crippen LogP contribution in [0.2, 0.25) is 0 Å². The van der Waals surface area contributed by atoms with Crippen LogP contribution in [0.4, 0.5) is 0 Å². The van der Waals surface area contributed by atoms with E-state index < -0.39 is 0 Å². The summed E-state index contributed by atoms with van der Waals surface area (Å²) in [5.41, 5.74) is 5.17. The summed E-state index contributed by atoms with van der Waals surface area (Å²) in [5.74, 6) is 1.42. The quantitative estimate of drug-likeness (QED) is 0.353. The van der Waals surface area contributed by atoms with Crippen molar-refractivity contribution in [2.24, 2.45) is 0 Å². The van der Waals surface area contributed by atoms with Crippen molar-refractivity contribution < 1.29 is 19.4 Å². The highest BCUT2D eigenvalue weighted by molar-refractivity contribution is 6.00. The minimum Gasteiger partial charge on any atom is -0.507 e. The molecule has 2 aromatic carbocycles. The first kappa shape index (κ1) is 24.6. The molecule has 4 rings (SSSR count). The first-order chi connectivity index (χ1) is 16.9. The second kappa shape index (κ2) is 10.4. The number of aromatic hydroxyl groups is 1. The maximum atomic E-state index is 13.4. The second-order valence-electron chi connectivity index (χ2n) is 9.21. The summed E-state index contributed by atoms with van der Waals surface area (Å²) in [6, 6.07) is 9.35. The molecule has 0 saturated carbocycles. The average Bonchev–Trinajstić information content (AvgIpc) is 3.38.